The normalized spacial score (nSPS) is 16.1. The molecule has 1 atom stereocenters. The van der Waals surface area contributed by atoms with E-state index in [9.17, 15) is 4.21 Å². The Balaban J connectivity index is 2.10. The molecule has 0 bridgehead atoms. The maximum Gasteiger partial charge on any atom is 0.104 e. The van der Waals surface area contributed by atoms with Gasteiger partial charge < -0.3 is 9.38 Å². The zero-order valence-corrected chi connectivity index (χ0v) is 14.4. The Morgan fingerprint density at radius 1 is 0.955 bits per heavy atom. The third-order valence-electron chi connectivity index (χ3n) is 4.48. The number of rotatable bonds is 3. The summed E-state index contributed by atoms with van der Waals surface area (Å²) in [6, 6.07) is 16.5. The van der Waals surface area contributed by atoms with E-state index >= 15 is 0 Å². The predicted molar refractivity (Wildman–Crippen MR) is 92.1 cm³/mol. The topological polar surface area (TPSA) is 20.3 Å². The molecule has 4 heteroatoms. The molecule has 2 aromatic carbocycles. The number of hydrogen-bond acceptors (Lipinski definition) is 2. The number of quaternary nitrogens is 1. The van der Waals surface area contributed by atoms with Gasteiger partial charge in [0.05, 0.1) is 59.7 Å². The lowest BCUT2D eigenvalue weighted by molar-refractivity contribution is -0.892. The van der Waals surface area contributed by atoms with Crippen LogP contribution >= 0.6 is 0 Å². The van der Waals surface area contributed by atoms with Gasteiger partial charge in [0.2, 0.25) is 0 Å². The Hall–Kier alpha value is -1.65. The van der Waals surface area contributed by atoms with E-state index in [1.54, 1.807) is 0 Å². The molecule has 0 radical (unpaired) electrons. The van der Waals surface area contributed by atoms with Gasteiger partial charge in [-0.25, -0.2) is 4.21 Å². The Labute approximate surface area is 135 Å². The lowest BCUT2D eigenvalue weighted by Gasteiger charge is -2.38. The van der Waals surface area contributed by atoms with E-state index in [0.29, 0.717) is 6.04 Å². The van der Waals surface area contributed by atoms with Gasteiger partial charge in [0.1, 0.15) is 6.04 Å². The fourth-order valence-electron chi connectivity index (χ4n) is 2.63. The Kier molecular flexibility index (Phi) is 3.83. The highest BCUT2D eigenvalue weighted by atomic mass is 32.2. The number of anilines is 2. The first-order valence-electron chi connectivity index (χ1n) is 7.58. The maximum absolute atomic E-state index is 12.8. The lowest BCUT2D eigenvalue weighted by atomic mass is 10.1. The average Bonchev–Trinajstić information content (AvgIpc) is 2.50. The van der Waals surface area contributed by atoms with Crippen LogP contribution in [0.25, 0.3) is 0 Å². The second kappa shape index (κ2) is 5.52. The number of likely N-dealkylation sites (N-methyl/N-ethyl adjacent to an activating group) is 1. The first kappa shape index (κ1) is 15.3. The fraction of sp³-hybridized carbons (Fsp3) is 0.333. The van der Waals surface area contributed by atoms with Crippen LogP contribution in [0.5, 0.6) is 0 Å². The van der Waals surface area contributed by atoms with Crippen LogP contribution in [-0.4, -0.2) is 42.4 Å². The minimum Gasteiger partial charge on any atom is -0.333 e. The van der Waals surface area contributed by atoms with Crippen molar-refractivity contribution < 1.29 is 8.69 Å². The first-order valence-corrected chi connectivity index (χ1v) is 8.73. The second-order valence-electron chi connectivity index (χ2n) is 6.78. The molecule has 1 unspecified atom stereocenters. The third kappa shape index (κ3) is 2.57. The standard InChI is InChI=1S/C18H23N2OS/c1-14(20(2,3)4)13-19-15-9-5-7-11-17(15)22(21)18-12-8-6-10-16(18)19/h5-12,14H,13H2,1-4H3/q+1. The van der Waals surface area contributed by atoms with Gasteiger partial charge in [0, 0.05) is 0 Å². The fourth-order valence-corrected chi connectivity index (χ4v) is 4.01. The number of hydrogen-bond donors (Lipinski definition) is 0. The molecule has 1 aliphatic rings. The van der Waals surface area contributed by atoms with Crippen molar-refractivity contribution in [3.63, 3.8) is 0 Å². The van der Waals surface area contributed by atoms with Crippen LogP contribution in [0.15, 0.2) is 58.3 Å². The van der Waals surface area contributed by atoms with Crippen molar-refractivity contribution in [1.82, 2.24) is 0 Å². The summed E-state index contributed by atoms with van der Waals surface area (Å²) in [5.74, 6) is 0. The SMILES string of the molecule is CC(CN1c2ccccc2S(=O)c2ccccc21)[N+](C)(C)C. The molecule has 22 heavy (non-hydrogen) atoms. The highest BCUT2D eigenvalue weighted by Crippen LogP contribution is 2.41. The molecule has 0 fully saturated rings. The average molecular weight is 315 g/mol. The van der Waals surface area contributed by atoms with Crippen LogP contribution in [0.3, 0.4) is 0 Å². The van der Waals surface area contributed by atoms with Crippen molar-refractivity contribution in [3.8, 4) is 0 Å². The van der Waals surface area contributed by atoms with Crippen LogP contribution in [0.1, 0.15) is 6.92 Å². The van der Waals surface area contributed by atoms with Crippen LogP contribution < -0.4 is 4.90 Å². The van der Waals surface area contributed by atoms with Crippen LogP contribution in [0.2, 0.25) is 0 Å². The molecule has 0 spiro atoms. The first-order chi connectivity index (χ1) is 10.4. The minimum absolute atomic E-state index is 0.452. The van der Waals surface area contributed by atoms with E-state index in [1.165, 1.54) is 0 Å². The van der Waals surface area contributed by atoms with Crippen LogP contribution in [0.4, 0.5) is 11.4 Å². The van der Waals surface area contributed by atoms with Crippen LogP contribution in [-0.2, 0) is 10.8 Å². The summed E-state index contributed by atoms with van der Waals surface area (Å²) in [4.78, 5) is 4.14. The molecular formula is C18H23N2OS+. The van der Waals surface area contributed by atoms with Crippen molar-refractivity contribution in [1.29, 1.82) is 0 Å². The summed E-state index contributed by atoms with van der Waals surface area (Å²) in [6.45, 7) is 3.16. The van der Waals surface area contributed by atoms with Gasteiger partial charge in [0.25, 0.3) is 0 Å². The van der Waals surface area contributed by atoms with Crippen molar-refractivity contribution in [2.45, 2.75) is 22.8 Å². The van der Waals surface area contributed by atoms with Gasteiger partial charge in [-0.15, -0.1) is 0 Å². The highest BCUT2D eigenvalue weighted by Gasteiger charge is 2.31. The number of para-hydroxylation sites is 2. The van der Waals surface area contributed by atoms with Crippen molar-refractivity contribution in [2.75, 3.05) is 32.6 Å². The Morgan fingerprint density at radius 3 is 1.86 bits per heavy atom. The molecule has 1 heterocycles. The summed E-state index contributed by atoms with van der Waals surface area (Å²) in [7, 11) is 5.55. The zero-order valence-electron chi connectivity index (χ0n) is 13.6. The number of fused-ring (bicyclic) bond motifs is 2. The molecule has 0 N–H and O–H groups in total. The summed E-state index contributed by atoms with van der Waals surface area (Å²) in [5, 5.41) is 0. The maximum atomic E-state index is 12.8. The van der Waals surface area contributed by atoms with E-state index in [0.717, 1.165) is 32.2 Å². The van der Waals surface area contributed by atoms with Gasteiger partial charge in [0.15, 0.2) is 0 Å². The van der Waals surface area contributed by atoms with Crippen molar-refractivity contribution in [2.24, 2.45) is 0 Å². The Bertz CT molecular complexity index is 672. The number of benzene rings is 2. The molecule has 116 valence electrons. The van der Waals surface area contributed by atoms with Crippen molar-refractivity contribution >= 4 is 22.2 Å². The predicted octanol–water partition coefficient (Wildman–Crippen LogP) is 3.40. The zero-order chi connectivity index (χ0) is 15.9. The highest BCUT2D eigenvalue weighted by molar-refractivity contribution is 7.85. The molecule has 0 amide bonds. The molecule has 3 rings (SSSR count). The third-order valence-corrected chi connectivity index (χ3v) is 5.97. The molecule has 2 aromatic rings. The van der Waals surface area contributed by atoms with Crippen molar-refractivity contribution in [3.05, 3.63) is 48.5 Å². The largest absolute Gasteiger partial charge is 0.333 e. The van der Waals surface area contributed by atoms with Gasteiger partial charge in [-0.2, -0.15) is 0 Å². The van der Waals surface area contributed by atoms with Gasteiger partial charge in [-0.3, -0.25) is 0 Å². The van der Waals surface area contributed by atoms with E-state index in [4.69, 9.17) is 0 Å². The van der Waals surface area contributed by atoms with Crippen LogP contribution in [0, 0.1) is 0 Å². The summed E-state index contributed by atoms with van der Waals surface area (Å²) < 4.78 is 13.7. The van der Waals surface area contributed by atoms with Gasteiger partial charge in [-0.1, -0.05) is 24.3 Å². The minimum atomic E-state index is -1.09. The molecule has 1 aliphatic heterocycles. The summed E-state index contributed by atoms with van der Waals surface area (Å²) >= 11 is 0. The molecule has 0 saturated heterocycles. The molecule has 0 aromatic heterocycles. The number of nitrogens with zero attached hydrogens (tertiary/aromatic N) is 2. The van der Waals surface area contributed by atoms with Gasteiger partial charge in [-0.05, 0) is 31.2 Å². The quantitative estimate of drug-likeness (QED) is 0.809. The van der Waals surface area contributed by atoms with Gasteiger partial charge >= 0.3 is 0 Å². The molecule has 3 nitrogen and oxygen atoms in total. The second-order valence-corrected chi connectivity index (χ2v) is 8.20. The Morgan fingerprint density at radius 2 is 1.41 bits per heavy atom. The summed E-state index contributed by atoms with van der Waals surface area (Å²) in [6.07, 6.45) is 0. The lowest BCUT2D eigenvalue weighted by Crippen LogP contribution is -2.49. The van der Waals surface area contributed by atoms with E-state index in [1.807, 2.05) is 36.4 Å². The van der Waals surface area contributed by atoms with E-state index < -0.39 is 10.8 Å². The molecule has 0 aliphatic carbocycles. The van der Waals surface area contributed by atoms with E-state index in [-0.39, 0.29) is 0 Å². The monoisotopic (exact) mass is 315 g/mol. The molecular weight excluding hydrogens is 292 g/mol. The van der Waals surface area contributed by atoms with E-state index in [2.05, 4.69) is 45.1 Å². The smallest absolute Gasteiger partial charge is 0.104 e. The summed E-state index contributed by atoms with van der Waals surface area (Å²) in [5.41, 5.74) is 2.14. The molecule has 0 saturated carbocycles.